The maximum absolute atomic E-state index is 12.7. The van der Waals surface area contributed by atoms with Crippen molar-refractivity contribution in [3.05, 3.63) is 82.7 Å². The summed E-state index contributed by atoms with van der Waals surface area (Å²) in [5.74, 6) is -1.08. The Kier molecular flexibility index (Phi) is 6.87. The van der Waals surface area contributed by atoms with Crippen molar-refractivity contribution in [1.29, 1.82) is 0 Å². The molecule has 2 aromatic carbocycles. The molecule has 7 nitrogen and oxygen atoms in total. The predicted octanol–water partition coefficient (Wildman–Crippen LogP) is 2.58. The van der Waals surface area contributed by atoms with E-state index in [1.807, 2.05) is 48.9 Å². The third-order valence-corrected chi connectivity index (χ3v) is 4.81. The van der Waals surface area contributed by atoms with E-state index in [0.717, 1.165) is 22.5 Å². The standard InChI is InChI=1S/C24H24N2O5/c1-16-20(17(2)26(25-16)14-18-7-5-4-6-8-18)10-11-21(27)19-9-12-22(23(13-19)30-3)31-15-24(28)29/h4-13H,14-15H2,1-3H3,(H,28,29)/p-1/b11-10+. The highest BCUT2D eigenvalue weighted by atomic mass is 16.5. The Morgan fingerprint density at radius 1 is 1.10 bits per heavy atom. The number of carbonyl (C=O) groups excluding carboxylic acids is 2. The second-order valence-electron chi connectivity index (χ2n) is 6.95. The molecule has 0 aliphatic rings. The molecule has 0 fully saturated rings. The highest BCUT2D eigenvalue weighted by Gasteiger charge is 2.12. The Bertz CT molecular complexity index is 1120. The van der Waals surface area contributed by atoms with Gasteiger partial charge in [-0.2, -0.15) is 5.10 Å². The molecule has 0 aliphatic heterocycles. The average Bonchev–Trinajstić information content (AvgIpc) is 3.03. The van der Waals surface area contributed by atoms with Crippen LogP contribution in [-0.2, 0) is 11.3 Å². The summed E-state index contributed by atoms with van der Waals surface area (Å²) in [4.78, 5) is 23.2. The molecule has 0 spiro atoms. The number of aryl methyl sites for hydroxylation is 1. The van der Waals surface area contributed by atoms with Crippen molar-refractivity contribution < 1.29 is 24.2 Å². The zero-order valence-electron chi connectivity index (χ0n) is 17.6. The molecule has 0 atom stereocenters. The van der Waals surface area contributed by atoms with E-state index in [1.54, 1.807) is 12.1 Å². The lowest BCUT2D eigenvalue weighted by molar-refractivity contribution is -0.307. The first-order valence-corrected chi connectivity index (χ1v) is 9.70. The van der Waals surface area contributed by atoms with Crippen LogP contribution < -0.4 is 14.6 Å². The summed E-state index contributed by atoms with van der Waals surface area (Å²) in [6.07, 6.45) is 3.24. The quantitative estimate of drug-likeness (QED) is 0.391. The van der Waals surface area contributed by atoms with Crippen LogP contribution in [-0.4, -0.2) is 35.2 Å². The molecule has 1 heterocycles. The van der Waals surface area contributed by atoms with Gasteiger partial charge in [0.1, 0.15) is 6.61 Å². The topological polar surface area (TPSA) is 93.5 Å². The molecule has 0 bridgehead atoms. The molecule has 0 radical (unpaired) electrons. The minimum absolute atomic E-state index is 0.223. The van der Waals surface area contributed by atoms with Gasteiger partial charge in [0.25, 0.3) is 0 Å². The second-order valence-corrected chi connectivity index (χ2v) is 6.95. The number of benzene rings is 2. The van der Waals surface area contributed by atoms with Crippen LogP contribution in [0.25, 0.3) is 6.08 Å². The van der Waals surface area contributed by atoms with E-state index in [4.69, 9.17) is 9.47 Å². The molecule has 0 aliphatic carbocycles. The zero-order valence-corrected chi connectivity index (χ0v) is 17.6. The predicted molar refractivity (Wildman–Crippen MR) is 114 cm³/mol. The Balaban J connectivity index is 1.77. The van der Waals surface area contributed by atoms with Crippen molar-refractivity contribution in [3.63, 3.8) is 0 Å². The minimum Gasteiger partial charge on any atom is -0.546 e. The van der Waals surface area contributed by atoms with Crippen molar-refractivity contribution in [2.75, 3.05) is 13.7 Å². The lowest BCUT2D eigenvalue weighted by Crippen LogP contribution is -2.29. The Labute approximate surface area is 180 Å². The van der Waals surface area contributed by atoms with Crippen LogP contribution in [0.5, 0.6) is 11.5 Å². The first kappa shape index (κ1) is 21.8. The highest BCUT2D eigenvalue weighted by Crippen LogP contribution is 2.28. The summed E-state index contributed by atoms with van der Waals surface area (Å²) < 4.78 is 12.2. The fourth-order valence-corrected chi connectivity index (χ4v) is 3.19. The smallest absolute Gasteiger partial charge is 0.185 e. The number of nitrogens with zero attached hydrogens (tertiary/aromatic N) is 2. The van der Waals surface area contributed by atoms with E-state index in [9.17, 15) is 14.7 Å². The van der Waals surface area contributed by atoms with E-state index in [-0.39, 0.29) is 17.3 Å². The van der Waals surface area contributed by atoms with Gasteiger partial charge in [-0.05, 0) is 49.8 Å². The zero-order chi connectivity index (χ0) is 22.4. The number of aromatic nitrogens is 2. The van der Waals surface area contributed by atoms with Crippen LogP contribution in [0.4, 0.5) is 0 Å². The Morgan fingerprint density at radius 3 is 2.52 bits per heavy atom. The fourth-order valence-electron chi connectivity index (χ4n) is 3.19. The lowest BCUT2D eigenvalue weighted by atomic mass is 10.1. The summed E-state index contributed by atoms with van der Waals surface area (Å²) in [5, 5.41) is 15.2. The van der Waals surface area contributed by atoms with Crippen molar-refractivity contribution in [2.45, 2.75) is 20.4 Å². The molecule has 0 N–H and O–H groups in total. The number of ether oxygens (including phenoxy) is 2. The first-order chi connectivity index (χ1) is 14.9. The second kappa shape index (κ2) is 9.75. The number of ketones is 1. The van der Waals surface area contributed by atoms with Crippen molar-refractivity contribution >= 4 is 17.8 Å². The highest BCUT2D eigenvalue weighted by molar-refractivity contribution is 6.07. The number of hydrogen-bond acceptors (Lipinski definition) is 6. The summed E-state index contributed by atoms with van der Waals surface area (Å²) >= 11 is 0. The summed E-state index contributed by atoms with van der Waals surface area (Å²) in [5.41, 5.74) is 4.23. The van der Waals surface area contributed by atoms with Crippen LogP contribution in [0.1, 0.15) is 32.9 Å². The lowest BCUT2D eigenvalue weighted by Gasteiger charge is -2.11. The van der Waals surface area contributed by atoms with E-state index < -0.39 is 12.6 Å². The van der Waals surface area contributed by atoms with Gasteiger partial charge in [-0.3, -0.25) is 9.48 Å². The third kappa shape index (κ3) is 5.39. The third-order valence-electron chi connectivity index (χ3n) is 4.81. The number of carboxylic acid groups (broad SMARTS) is 1. The average molecular weight is 419 g/mol. The molecule has 0 amide bonds. The SMILES string of the molecule is COc1cc(C(=O)/C=C/c2c(C)nn(Cc3ccccc3)c2C)ccc1OCC(=O)[O-]. The molecular formula is C24H23N2O5-. The molecule has 0 unspecified atom stereocenters. The van der Waals surface area contributed by atoms with Crippen LogP contribution in [0, 0.1) is 13.8 Å². The maximum atomic E-state index is 12.7. The molecule has 0 saturated heterocycles. The van der Waals surface area contributed by atoms with E-state index in [2.05, 4.69) is 5.10 Å². The van der Waals surface area contributed by atoms with E-state index in [1.165, 1.54) is 25.3 Å². The van der Waals surface area contributed by atoms with Gasteiger partial charge in [0, 0.05) is 16.8 Å². The van der Waals surface area contributed by atoms with Crippen LogP contribution >= 0.6 is 0 Å². The maximum Gasteiger partial charge on any atom is 0.185 e. The van der Waals surface area contributed by atoms with Crippen LogP contribution in [0.2, 0.25) is 0 Å². The first-order valence-electron chi connectivity index (χ1n) is 9.70. The number of carbonyl (C=O) groups is 2. The van der Waals surface area contributed by atoms with Gasteiger partial charge in [0.2, 0.25) is 0 Å². The molecule has 3 aromatic rings. The fraction of sp³-hybridized carbons (Fsp3) is 0.208. The van der Waals surface area contributed by atoms with Crippen molar-refractivity contribution in [2.24, 2.45) is 0 Å². The normalized spacial score (nSPS) is 10.9. The van der Waals surface area contributed by atoms with E-state index in [0.29, 0.717) is 12.1 Å². The van der Waals surface area contributed by atoms with Crippen LogP contribution in [0.15, 0.2) is 54.6 Å². The summed E-state index contributed by atoms with van der Waals surface area (Å²) in [6.45, 7) is 3.93. The minimum atomic E-state index is -1.34. The summed E-state index contributed by atoms with van der Waals surface area (Å²) in [7, 11) is 1.42. The van der Waals surface area contributed by atoms with E-state index >= 15 is 0 Å². The Morgan fingerprint density at radius 2 is 1.84 bits per heavy atom. The van der Waals surface area contributed by atoms with Gasteiger partial charge < -0.3 is 19.4 Å². The molecule has 7 heteroatoms. The number of allylic oxidation sites excluding steroid dienone is 1. The number of methoxy groups -OCH3 is 1. The van der Waals surface area contributed by atoms with Crippen LogP contribution in [0.3, 0.4) is 0 Å². The van der Waals surface area contributed by atoms with Gasteiger partial charge in [-0.15, -0.1) is 0 Å². The number of aliphatic carboxylic acids is 1. The molecule has 1 aromatic heterocycles. The van der Waals surface area contributed by atoms with Gasteiger partial charge in [-0.25, -0.2) is 0 Å². The number of rotatable bonds is 9. The Hall–Kier alpha value is -3.87. The monoisotopic (exact) mass is 419 g/mol. The molecular weight excluding hydrogens is 396 g/mol. The molecule has 0 saturated carbocycles. The largest absolute Gasteiger partial charge is 0.546 e. The molecule has 160 valence electrons. The number of carboxylic acids is 1. The van der Waals surface area contributed by atoms with Gasteiger partial charge in [0.05, 0.1) is 25.3 Å². The van der Waals surface area contributed by atoms with Gasteiger partial charge in [-0.1, -0.05) is 30.3 Å². The molecule has 3 rings (SSSR count). The summed E-state index contributed by atoms with van der Waals surface area (Å²) in [6, 6.07) is 14.6. The van der Waals surface area contributed by atoms with Gasteiger partial charge >= 0.3 is 0 Å². The molecule has 31 heavy (non-hydrogen) atoms. The van der Waals surface area contributed by atoms with Gasteiger partial charge in [0.15, 0.2) is 17.3 Å². The number of hydrogen-bond donors (Lipinski definition) is 0. The van der Waals surface area contributed by atoms with Crippen molar-refractivity contribution in [3.8, 4) is 11.5 Å². The van der Waals surface area contributed by atoms with Crippen molar-refractivity contribution in [1.82, 2.24) is 9.78 Å².